The van der Waals surface area contributed by atoms with Crippen molar-refractivity contribution in [2.45, 2.75) is 18.7 Å². The van der Waals surface area contributed by atoms with Gasteiger partial charge in [-0.15, -0.1) is 11.8 Å². The van der Waals surface area contributed by atoms with Gasteiger partial charge in [-0.05, 0) is 25.3 Å². The van der Waals surface area contributed by atoms with Crippen molar-refractivity contribution in [2.75, 3.05) is 6.61 Å². The predicted molar refractivity (Wildman–Crippen MR) is 54.5 cm³/mol. The second kappa shape index (κ2) is 4.14. The minimum absolute atomic E-state index is 0.233. The fraction of sp³-hybridized carbons (Fsp3) is 0.556. The molecule has 0 aromatic carbocycles. The van der Waals surface area contributed by atoms with E-state index in [2.05, 4.69) is 0 Å². The average Bonchev–Trinajstić information content (AvgIpc) is 2.47. The number of thioether (sulfide) groups is 1. The molecule has 2 atom stereocenters. The molecule has 0 aliphatic carbocycles. The first kappa shape index (κ1) is 11.3. The minimum Gasteiger partial charge on any atom is -0.466 e. The summed E-state index contributed by atoms with van der Waals surface area (Å²) in [5.41, 5.74) is 5.83. The molecule has 0 radical (unpaired) electrons. The molecular formula is C9H13NO3S. The zero-order valence-electron chi connectivity index (χ0n) is 8.15. The maximum Gasteiger partial charge on any atom is 0.311 e. The van der Waals surface area contributed by atoms with Crippen LogP contribution in [-0.4, -0.2) is 23.2 Å². The first-order chi connectivity index (χ1) is 6.52. The normalized spacial score (nSPS) is 27.8. The summed E-state index contributed by atoms with van der Waals surface area (Å²) in [6, 6.07) is 0. The van der Waals surface area contributed by atoms with Crippen LogP contribution in [0.2, 0.25) is 0 Å². The molecule has 4 nitrogen and oxygen atoms in total. The Kier molecular flexibility index (Phi) is 3.34. The van der Waals surface area contributed by atoms with Gasteiger partial charge in [0.05, 0.1) is 12.5 Å². The molecule has 0 amide bonds. The number of carbonyl (C=O) groups excluding carboxylic acids is 2. The second-order valence-corrected chi connectivity index (χ2v) is 4.24. The summed E-state index contributed by atoms with van der Waals surface area (Å²) in [4.78, 5) is 21.6. The third-order valence-corrected chi connectivity index (χ3v) is 3.37. The van der Waals surface area contributed by atoms with Crippen LogP contribution in [0.1, 0.15) is 13.8 Å². The second-order valence-electron chi connectivity index (χ2n) is 3.05. The number of ether oxygens (including phenoxy) is 1. The molecule has 0 aromatic heterocycles. The summed E-state index contributed by atoms with van der Waals surface area (Å²) in [6.07, 6.45) is 1.39. The van der Waals surface area contributed by atoms with Crippen LogP contribution < -0.4 is 5.73 Å². The van der Waals surface area contributed by atoms with Crippen molar-refractivity contribution in [3.05, 3.63) is 11.5 Å². The Labute approximate surface area is 86.9 Å². The van der Waals surface area contributed by atoms with Crippen LogP contribution in [0.5, 0.6) is 0 Å². The number of ketones is 1. The summed E-state index contributed by atoms with van der Waals surface area (Å²) in [5.74, 6) is -1.29. The molecule has 0 aromatic rings. The van der Waals surface area contributed by atoms with E-state index >= 15 is 0 Å². The van der Waals surface area contributed by atoms with E-state index in [9.17, 15) is 9.59 Å². The summed E-state index contributed by atoms with van der Waals surface area (Å²) < 4.78 is 4.82. The van der Waals surface area contributed by atoms with Gasteiger partial charge in [-0.25, -0.2) is 0 Å². The smallest absolute Gasteiger partial charge is 0.311 e. The Hall–Kier alpha value is -0.810. The van der Waals surface area contributed by atoms with E-state index in [0.717, 1.165) is 11.8 Å². The molecule has 0 saturated carbocycles. The molecule has 0 bridgehead atoms. The van der Waals surface area contributed by atoms with E-state index < -0.39 is 16.8 Å². The first-order valence-corrected chi connectivity index (χ1v) is 5.24. The number of esters is 1. The SMILES string of the molecule is CCOC(=O)C(C)C1(N)SC=CC1=O. The fourth-order valence-electron chi connectivity index (χ4n) is 1.15. The van der Waals surface area contributed by atoms with E-state index in [1.54, 1.807) is 19.3 Å². The van der Waals surface area contributed by atoms with E-state index in [-0.39, 0.29) is 5.78 Å². The standard InChI is InChI=1S/C9H13NO3S/c1-3-13-8(12)6(2)9(10)7(11)4-5-14-9/h4-6H,3,10H2,1-2H3. The van der Waals surface area contributed by atoms with Crippen molar-refractivity contribution >= 4 is 23.5 Å². The number of rotatable bonds is 3. The van der Waals surface area contributed by atoms with E-state index in [1.165, 1.54) is 6.08 Å². The summed E-state index contributed by atoms with van der Waals surface area (Å²) in [5, 5.41) is 1.61. The van der Waals surface area contributed by atoms with Gasteiger partial charge < -0.3 is 10.5 Å². The maximum atomic E-state index is 11.4. The van der Waals surface area contributed by atoms with Gasteiger partial charge in [0.15, 0.2) is 5.78 Å². The van der Waals surface area contributed by atoms with Crippen molar-refractivity contribution in [1.82, 2.24) is 0 Å². The lowest BCUT2D eigenvalue weighted by Gasteiger charge is -2.26. The molecular weight excluding hydrogens is 202 g/mol. The van der Waals surface area contributed by atoms with Gasteiger partial charge in [-0.3, -0.25) is 9.59 Å². The molecule has 2 N–H and O–H groups in total. The van der Waals surface area contributed by atoms with Gasteiger partial charge in [0.1, 0.15) is 4.87 Å². The summed E-state index contributed by atoms with van der Waals surface area (Å²) in [7, 11) is 0. The molecule has 0 saturated heterocycles. The van der Waals surface area contributed by atoms with Crippen LogP contribution in [0.15, 0.2) is 11.5 Å². The third kappa shape index (κ3) is 1.83. The first-order valence-electron chi connectivity index (χ1n) is 4.36. The number of nitrogens with two attached hydrogens (primary N) is 1. The van der Waals surface area contributed by atoms with Gasteiger partial charge in [0.25, 0.3) is 0 Å². The Morgan fingerprint density at radius 3 is 2.86 bits per heavy atom. The molecule has 14 heavy (non-hydrogen) atoms. The Morgan fingerprint density at radius 1 is 1.79 bits per heavy atom. The minimum atomic E-state index is -1.17. The molecule has 1 aliphatic rings. The highest BCUT2D eigenvalue weighted by atomic mass is 32.2. The third-order valence-electron chi connectivity index (χ3n) is 2.15. The van der Waals surface area contributed by atoms with Crippen molar-refractivity contribution in [3.8, 4) is 0 Å². The lowest BCUT2D eigenvalue weighted by molar-refractivity contribution is -0.149. The van der Waals surface area contributed by atoms with Gasteiger partial charge in [0, 0.05) is 0 Å². The fourth-order valence-corrected chi connectivity index (χ4v) is 2.06. The van der Waals surface area contributed by atoms with Crippen molar-refractivity contribution in [1.29, 1.82) is 0 Å². The van der Waals surface area contributed by atoms with Crippen LogP contribution in [-0.2, 0) is 14.3 Å². The maximum absolute atomic E-state index is 11.4. The van der Waals surface area contributed by atoms with Gasteiger partial charge in [-0.2, -0.15) is 0 Å². The summed E-state index contributed by atoms with van der Waals surface area (Å²) in [6.45, 7) is 3.62. The molecule has 0 spiro atoms. The van der Waals surface area contributed by atoms with Gasteiger partial charge in [-0.1, -0.05) is 0 Å². The molecule has 0 fully saturated rings. The highest BCUT2D eigenvalue weighted by Crippen LogP contribution is 2.35. The van der Waals surface area contributed by atoms with Gasteiger partial charge in [0.2, 0.25) is 0 Å². The zero-order valence-corrected chi connectivity index (χ0v) is 8.97. The molecule has 2 unspecified atom stereocenters. The Bertz CT molecular complexity index is 290. The molecule has 78 valence electrons. The van der Waals surface area contributed by atoms with Crippen LogP contribution in [0.4, 0.5) is 0 Å². The van der Waals surface area contributed by atoms with Crippen LogP contribution in [0.25, 0.3) is 0 Å². The van der Waals surface area contributed by atoms with E-state index in [4.69, 9.17) is 10.5 Å². The number of hydrogen-bond acceptors (Lipinski definition) is 5. The highest BCUT2D eigenvalue weighted by molar-refractivity contribution is 8.04. The van der Waals surface area contributed by atoms with Crippen molar-refractivity contribution in [3.63, 3.8) is 0 Å². The van der Waals surface area contributed by atoms with Crippen molar-refractivity contribution in [2.24, 2.45) is 11.7 Å². The van der Waals surface area contributed by atoms with Crippen LogP contribution in [0, 0.1) is 5.92 Å². The number of hydrogen-bond donors (Lipinski definition) is 1. The molecule has 1 heterocycles. The largest absolute Gasteiger partial charge is 0.466 e. The topological polar surface area (TPSA) is 69.4 Å². The van der Waals surface area contributed by atoms with E-state index in [0.29, 0.717) is 6.61 Å². The number of carbonyl (C=O) groups is 2. The molecule has 5 heteroatoms. The monoisotopic (exact) mass is 215 g/mol. The van der Waals surface area contributed by atoms with Crippen molar-refractivity contribution < 1.29 is 14.3 Å². The summed E-state index contributed by atoms with van der Waals surface area (Å²) >= 11 is 1.16. The average molecular weight is 215 g/mol. The lowest BCUT2D eigenvalue weighted by atomic mass is 9.98. The molecule has 1 aliphatic heterocycles. The van der Waals surface area contributed by atoms with Crippen LogP contribution >= 0.6 is 11.8 Å². The van der Waals surface area contributed by atoms with Gasteiger partial charge >= 0.3 is 5.97 Å². The quantitative estimate of drug-likeness (QED) is 0.701. The zero-order chi connectivity index (χ0) is 10.8. The van der Waals surface area contributed by atoms with Crippen LogP contribution in [0.3, 0.4) is 0 Å². The Morgan fingerprint density at radius 2 is 2.43 bits per heavy atom. The predicted octanol–water partition coefficient (Wildman–Crippen LogP) is 0.670. The lowest BCUT2D eigenvalue weighted by Crippen LogP contribution is -2.50. The molecule has 1 rings (SSSR count). The Balaban J connectivity index is 2.73. The van der Waals surface area contributed by atoms with E-state index in [1.807, 2.05) is 0 Å². The highest BCUT2D eigenvalue weighted by Gasteiger charge is 2.45.